The number of halogens is 1. The number of alkyl halides is 1. The van der Waals surface area contributed by atoms with E-state index in [9.17, 15) is 8.42 Å². The lowest BCUT2D eigenvalue weighted by molar-refractivity contribution is 0.606. The van der Waals surface area contributed by atoms with Crippen molar-refractivity contribution in [3.05, 3.63) is 43.0 Å². The van der Waals surface area contributed by atoms with Gasteiger partial charge in [0.2, 0.25) is 10.0 Å². The molecule has 0 aliphatic carbocycles. The molecule has 1 aromatic heterocycles. The largest absolute Gasteiger partial charge is 0.306 e. The summed E-state index contributed by atoms with van der Waals surface area (Å²) in [5, 5.41) is 0. The Bertz CT molecular complexity index is 596. The Balaban J connectivity index is 2.30. The first kappa shape index (κ1) is 12.1. The standard InChI is InChI=1S/C10H10BrN3O2S/c11-7-17(15,16)13-9-2-1-3-10(6-9)14-5-4-12-8-14/h1-6,8,13H,7H2. The van der Waals surface area contributed by atoms with Gasteiger partial charge in [-0.2, -0.15) is 0 Å². The molecular formula is C10H10BrN3O2S. The lowest BCUT2D eigenvalue weighted by Crippen LogP contribution is -2.13. The molecule has 1 aromatic carbocycles. The van der Waals surface area contributed by atoms with Gasteiger partial charge in [0, 0.05) is 18.1 Å². The third-order valence-electron chi connectivity index (χ3n) is 2.07. The van der Waals surface area contributed by atoms with E-state index in [2.05, 4.69) is 25.6 Å². The number of benzene rings is 1. The number of sulfonamides is 1. The van der Waals surface area contributed by atoms with Crippen molar-refractivity contribution in [2.75, 3.05) is 9.38 Å². The van der Waals surface area contributed by atoms with Crippen molar-refractivity contribution in [1.29, 1.82) is 0 Å². The van der Waals surface area contributed by atoms with Crippen LogP contribution in [-0.2, 0) is 10.0 Å². The number of nitrogens with one attached hydrogen (secondary N) is 1. The van der Waals surface area contributed by atoms with Gasteiger partial charge in [0.05, 0.1) is 12.0 Å². The lowest BCUT2D eigenvalue weighted by atomic mass is 10.3. The highest BCUT2D eigenvalue weighted by molar-refractivity contribution is 9.10. The quantitative estimate of drug-likeness (QED) is 0.877. The summed E-state index contributed by atoms with van der Waals surface area (Å²) in [6.45, 7) is 0. The second-order valence-corrected chi connectivity index (χ2v) is 6.37. The fourth-order valence-electron chi connectivity index (χ4n) is 1.35. The smallest absolute Gasteiger partial charge is 0.242 e. The molecular weight excluding hydrogens is 306 g/mol. The van der Waals surface area contributed by atoms with Crippen molar-refractivity contribution < 1.29 is 8.42 Å². The van der Waals surface area contributed by atoms with Crippen molar-refractivity contribution in [1.82, 2.24) is 9.55 Å². The van der Waals surface area contributed by atoms with Crippen LogP contribution in [0.15, 0.2) is 43.0 Å². The summed E-state index contributed by atoms with van der Waals surface area (Å²) in [7, 11) is -3.32. The molecule has 0 aliphatic rings. The molecule has 0 radical (unpaired) electrons. The van der Waals surface area contributed by atoms with Crippen molar-refractivity contribution in [2.24, 2.45) is 0 Å². The first-order valence-electron chi connectivity index (χ1n) is 4.75. The second kappa shape index (κ2) is 4.89. The van der Waals surface area contributed by atoms with E-state index in [0.717, 1.165) is 5.69 Å². The Hall–Kier alpha value is -1.34. The highest BCUT2D eigenvalue weighted by Gasteiger charge is 2.07. The van der Waals surface area contributed by atoms with E-state index < -0.39 is 10.0 Å². The van der Waals surface area contributed by atoms with Gasteiger partial charge in [0.15, 0.2) is 0 Å². The Kier molecular flexibility index (Phi) is 3.49. The summed E-state index contributed by atoms with van der Waals surface area (Å²) in [5.41, 5.74) is 1.37. The number of imidazole rings is 1. The van der Waals surface area contributed by atoms with Crippen LogP contribution in [-0.4, -0.2) is 22.6 Å². The monoisotopic (exact) mass is 315 g/mol. The van der Waals surface area contributed by atoms with Crippen molar-refractivity contribution in [3.63, 3.8) is 0 Å². The Labute approximate surface area is 108 Å². The first-order chi connectivity index (χ1) is 8.11. The van der Waals surface area contributed by atoms with E-state index in [-0.39, 0.29) is 4.66 Å². The number of rotatable bonds is 4. The van der Waals surface area contributed by atoms with Crippen LogP contribution in [0, 0.1) is 0 Å². The van der Waals surface area contributed by atoms with Crippen LogP contribution in [0.4, 0.5) is 5.69 Å². The van der Waals surface area contributed by atoms with E-state index in [1.807, 2.05) is 6.07 Å². The molecule has 0 unspecified atom stereocenters. The molecule has 7 heteroatoms. The second-order valence-electron chi connectivity index (χ2n) is 3.35. The summed E-state index contributed by atoms with van der Waals surface area (Å²) < 4.78 is 26.9. The molecule has 0 bridgehead atoms. The molecule has 90 valence electrons. The molecule has 0 aliphatic heterocycles. The maximum absolute atomic E-state index is 11.4. The van der Waals surface area contributed by atoms with Gasteiger partial charge in [-0.25, -0.2) is 13.4 Å². The zero-order valence-electron chi connectivity index (χ0n) is 8.75. The van der Waals surface area contributed by atoms with E-state index in [1.165, 1.54) is 0 Å². The van der Waals surface area contributed by atoms with Crippen LogP contribution in [0.1, 0.15) is 0 Å². The molecule has 0 atom stereocenters. The van der Waals surface area contributed by atoms with Gasteiger partial charge in [0.1, 0.15) is 4.66 Å². The van der Waals surface area contributed by atoms with Gasteiger partial charge in [-0.3, -0.25) is 4.72 Å². The minimum atomic E-state index is -3.32. The molecule has 0 spiro atoms. The van der Waals surface area contributed by atoms with Crippen LogP contribution in [0.2, 0.25) is 0 Å². The Morgan fingerprint density at radius 3 is 2.88 bits per heavy atom. The summed E-state index contributed by atoms with van der Waals surface area (Å²) >= 11 is 2.92. The predicted molar refractivity (Wildman–Crippen MR) is 69.9 cm³/mol. The normalized spacial score (nSPS) is 11.4. The van der Waals surface area contributed by atoms with Gasteiger partial charge >= 0.3 is 0 Å². The molecule has 0 saturated carbocycles. The first-order valence-corrected chi connectivity index (χ1v) is 7.53. The highest BCUT2D eigenvalue weighted by atomic mass is 79.9. The topological polar surface area (TPSA) is 64.0 Å². The van der Waals surface area contributed by atoms with Crippen LogP contribution < -0.4 is 4.72 Å². The fraction of sp³-hybridized carbons (Fsp3) is 0.100. The lowest BCUT2D eigenvalue weighted by Gasteiger charge is -2.07. The molecule has 17 heavy (non-hydrogen) atoms. The fourth-order valence-corrected chi connectivity index (χ4v) is 2.23. The molecule has 0 saturated heterocycles. The number of hydrogen-bond donors (Lipinski definition) is 1. The van der Waals surface area contributed by atoms with E-state index in [4.69, 9.17) is 0 Å². The SMILES string of the molecule is O=S(=O)(CBr)Nc1cccc(-n2ccnc2)c1. The molecule has 2 rings (SSSR count). The number of nitrogens with zero attached hydrogens (tertiary/aromatic N) is 2. The number of hydrogen-bond acceptors (Lipinski definition) is 3. The average molecular weight is 316 g/mol. The number of anilines is 1. The molecule has 1 heterocycles. The third-order valence-corrected chi connectivity index (χ3v) is 4.71. The van der Waals surface area contributed by atoms with Crippen LogP contribution in [0.5, 0.6) is 0 Å². The van der Waals surface area contributed by atoms with Crippen molar-refractivity contribution in [3.8, 4) is 5.69 Å². The minimum Gasteiger partial charge on any atom is -0.306 e. The summed E-state index contributed by atoms with van der Waals surface area (Å²) in [4.78, 5) is 3.94. The third kappa shape index (κ3) is 3.07. The van der Waals surface area contributed by atoms with Gasteiger partial charge in [-0.15, -0.1) is 0 Å². The van der Waals surface area contributed by atoms with Crippen LogP contribution in [0.3, 0.4) is 0 Å². The summed E-state index contributed by atoms with van der Waals surface area (Å²) in [6, 6.07) is 7.08. The Morgan fingerprint density at radius 2 is 2.24 bits per heavy atom. The molecule has 1 N–H and O–H groups in total. The van der Waals surface area contributed by atoms with Crippen molar-refractivity contribution >= 4 is 31.6 Å². The van der Waals surface area contributed by atoms with Gasteiger partial charge < -0.3 is 4.57 Å². The van der Waals surface area contributed by atoms with Crippen LogP contribution in [0.25, 0.3) is 5.69 Å². The zero-order chi connectivity index (χ0) is 12.3. The van der Waals surface area contributed by atoms with E-state index in [1.54, 1.807) is 41.5 Å². The number of aromatic nitrogens is 2. The maximum atomic E-state index is 11.4. The molecule has 0 fully saturated rings. The summed E-state index contributed by atoms with van der Waals surface area (Å²) in [5.74, 6) is 0. The summed E-state index contributed by atoms with van der Waals surface area (Å²) in [6.07, 6.45) is 5.10. The van der Waals surface area contributed by atoms with Gasteiger partial charge in [0.25, 0.3) is 0 Å². The van der Waals surface area contributed by atoms with E-state index >= 15 is 0 Å². The molecule has 2 aromatic rings. The van der Waals surface area contributed by atoms with Crippen LogP contribution >= 0.6 is 15.9 Å². The van der Waals surface area contributed by atoms with E-state index in [0.29, 0.717) is 5.69 Å². The highest BCUT2D eigenvalue weighted by Crippen LogP contribution is 2.16. The maximum Gasteiger partial charge on any atom is 0.242 e. The minimum absolute atomic E-state index is 0.130. The van der Waals surface area contributed by atoms with Gasteiger partial charge in [-0.05, 0) is 18.2 Å². The molecule has 0 amide bonds. The van der Waals surface area contributed by atoms with Crippen molar-refractivity contribution in [2.45, 2.75) is 0 Å². The molecule has 5 nitrogen and oxygen atoms in total. The Morgan fingerprint density at radius 1 is 1.41 bits per heavy atom. The zero-order valence-corrected chi connectivity index (χ0v) is 11.1. The predicted octanol–water partition coefficient (Wildman–Crippen LogP) is 1.97. The average Bonchev–Trinajstić information content (AvgIpc) is 2.82. The van der Waals surface area contributed by atoms with Gasteiger partial charge in [-0.1, -0.05) is 22.0 Å².